The normalized spacial score (nSPS) is 20.6. The van der Waals surface area contributed by atoms with Crippen molar-refractivity contribution in [1.82, 2.24) is 16.0 Å². The minimum absolute atomic E-state index is 0.115. The SMILES string of the molecule is CCOc1cc(Cl)ccc1CNC(=O)N[C@@H]1C(=O)NCC[C@H]1C. The predicted molar refractivity (Wildman–Crippen MR) is 88.6 cm³/mol. The zero-order valence-electron chi connectivity index (χ0n) is 13.3. The van der Waals surface area contributed by atoms with Crippen molar-refractivity contribution in [2.24, 2.45) is 5.92 Å². The molecule has 0 unspecified atom stereocenters. The van der Waals surface area contributed by atoms with Gasteiger partial charge in [0.2, 0.25) is 5.91 Å². The van der Waals surface area contributed by atoms with Gasteiger partial charge in [-0.05, 0) is 31.4 Å². The number of urea groups is 1. The number of hydrogen-bond acceptors (Lipinski definition) is 3. The number of ether oxygens (including phenoxy) is 1. The summed E-state index contributed by atoms with van der Waals surface area (Å²) in [5, 5.41) is 8.81. The molecule has 6 nitrogen and oxygen atoms in total. The number of carbonyl (C=O) groups excluding carboxylic acids is 2. The summed E-state index contributed by atoms with van der Waals surface area (Å²) in [5.41, 5.74) is 0.826. The Morgan fingerprint density at radius 3 is 2.96 bits per heavy atom. The molecule has 0 aromatic heterocycles. The van der Waals surface area contributed by atoms with Crippen LogP contribution < -0.4 is 20.7 Å². The van der Waals surface area contributed by atoms with Gasteiger partial charge in [-0.2, -0.15) is 0 Å². The van der Waals surface area contributed by atoms with Gasteiger partial charge < -0.3 is 20.7 Å². The monoisotopic (exact) mass is 339 g/mol. The Bertz CT molecular complexity index is 580. The number of hydrogen-bond donors (Lipinski definition) is 3. The number of piperidine rings is 1. The molecule has 0 radical (unpaired) electrons. The van der Waals surface area contributed by atoms with Gasteiger partial charge in [0, 0.05) is 23.7 Å². The van der Waals surface area contributed by atoms with Gasteiger partial charge in [0.15, 0.2) is 0 Å². The highest BCUT2D eigenvalue weighted by atomic mass is 35.5. The molecular weight excluding hydrogens is 318 g/mol. The van der Waals surface area contributed by atoms with Crippen LogP contribution in [0.5, 0.6) is 5.75 Å². The summed E-state index contributed by atoms with van der Waals surface area (Å²) < 4.78 is 5.51. The quantitative estimate of drug-likeness (QED) is 0.768. The first kappa shape index (κ1) is 17.4. The largest absolute Gasteiger partial charge is 0.493 e. The minimum Gasteiger partial charge on any atom is -0.493 e. The van der Waals surface area contributed by atoms with Gasteiger partial charge in [-0.3, -0.25) is 4.79 Å². The fraction of sp³-hybridized carbons (Fsp3) is 0.500. The Kier molecular flexibility index (Phi) is 6.10. The van der Waals surface area contributed by atoms with Crippen molar-refractivity contribution in [2.45, 2.75) is 32.9 Å². The van der Waals surface area contributed by atoms with E-state index in [1.807, 2.05) is 19.9 Å². The molecule has 0 spiro atoms. The standard InChI is InChI=1S/C16H22ClN3O3/c1-3-23-13-8-12(17)5-4-11(13)9-19-16(22)20-14-10(2)6-7-18-15(14)21/h4-5,8,10,14H,3,6-7,9H2,1-2H3,(H,18,21)(H2,19,20,22)/t10-,14+/m1/s1. The third-order valence-electron chi connectivity index (χ3n) is 3.81. The molecule has 1 aliphatic rings. The lowest BCUT2D eigenvalue weighted by Gasteiger charge is -2.29. The second kappa shape index (κ2) is 8.06. The Balaban J connectivity index is 1.92. The summed E-state index contributed by atoms with van der Waals surface area (Å²) in [5.74, 6) is 0.619. The van der Waals surface area contributed by atoms with E-state index in [1.54, 1.807) is 12.1 Å². The highest BCUT2D eigenvalue weighted by Gasteiger charge is 2.29. The van der Waals surface area contributed by atoms with Crippen molar-refractivity contribution in [3.05, 3.63) is 28.8 Å². The maximum atomic E-state index is 12.0. The van der Waals surface area contributed by atoms with E-state index in [0.717, 1.165) is 12.0 Å². The van der Waals surface area contributed by atoms with E-state index in [2.05, 4.69) is 16.0 Å². The second-order valence-electron chi connectivity index (χ2n) is 5.55. The van der Waals surface area contributed by atoms with Crippen molar-refractivity contribution < 1.29 is 14.3 Å². The molecule has 0 aliphatic carbocycles. The number of benzene rings is 1. The van der Waals surface area contributed by atoms with Crippen LogP contribution in [0.15, 0.2) is 18.2 Å². The van der Waals surface area contributed by atoms with Crippen LogP contribution in [0.2, 0.25) is 5.02 Å². The first-order valence-electron chi connectivity index (χ1n) is 7.74. The van der Waals surface area contributed by atoms with Crippen LogP contribution in [0, 0.1) is 5.92 Å². The molecule has 2 atom stereocenters. The van der Waals surface area contributed by atoms with Gasteiger partial charge in [0.05, 0.1) is 6.61 Å². The molecule has 23 heavy (non-hydrogen) atoms. The Hall–Kier alpha value is -1.95. The van der Waals surface area contributed by atoms with Crippen LogP contribution >= 0.6 is 11.6 Å². The first-order valence-corrected chi connectivity index (χ1v) is 8.12. The Labute approximate surface area is 140 Å². The molecular formula is C16H22ClN3O3. The average Bonchev–Trinajstić information content (AvgIpc) is 2.51. The third-order valence-corrected chi connectivity index (χ3v) is 4.04. The van der Waals surface area contributed by atoms with E-state index in [1.165, 1.54) is 0 Å². The molecule has 2 rings (SSSR count). The third kappa shape index (κ3) is 4.76. The molecule has 1 heterocycles. The topological polar surface area (TPSA) is 79.5 Å². The molecule has 7 heteroatoms. The van der Waals surface area contributed by atoms with Crippen LogP contribution in [0.1, 0.15) is 25.8 Å². The smallest absolute Gasteiger partial charge is 0.315 e. The Morgan fingerprint density at radius 2 is 2.26 bits per heavy atom. The zero-order valence-corrected chi connectivity index (χ0v) is 14.1. The number of halogens is 1. The van der Waals surface area contributed by atoms with E-state index in [-0.39, 0.29) is 17.9 Å². The lowest BCUT2D eigenvalue weighted by atomic mass is 9.94. The lowest BCUT2D eigenvalue weighted by Crippen LogP contribution is -2.56. The lowest BCUT2D eigenvalue weighted by molar-refractivity contribution is -0.125. The summed E-state index contributed by atoms with van der Waals surface area (Å²) in [6, 6.07) is 4.40. The summed E-state index contributed by atoms with van der Waals surface area (Å²) >= 11 is 5.95. The number of carbonyl (C=O) groups is 2. The highest BCUT2D eigenvalue weighted by molar-refractivity contribution is 6.30. The predicted octanol–water partition coefficient (Wildman–Crippen LogP) is 2.06. The van der Waals surface area contributed by atoms with Crippen LogP contribution in [0.25, 0.3) is 0 Å². The molecule has 0 saturated carbocycles. The maximum absolute atomic E-state index is 12.0. The number of rotatable bonds is 5. The van der Waals surface area contributed by atoms with Crippen molar-refractivity contribution in [3.8, 4) is 5.75 Å². The fourth-order valence-electron chi connectivity index (χ4n) is 2.50. The van der Waals surface area contributed by atoms with E-state index < -0.39 is 6.04 Å². The zero-order chi connectivity index (χ0) is 16.8. The van der Waals surface area contributed by atoms with Gasteiger partial charge in [-0.1, -0.05) is 24.6 Å². The number of nitrogens with one attached hydrogen (secondary N) is 3. The molecule has 3 amide bonds. The van der Waals surface area contributed by atoms with E-state index >= 15 is 0 Å². The van der Waals surface area contributed by atoms with E-state index in [0.29, 0.717) is 30.5 Å². The Morgan fingerprint density at radius 1 is 1.48 bits per heavy atom. The molecule has 126 valence electrons. The van der Waals surface area contributed by atoms with Gasteiger partial charge in [-0.25, -0.2) is 4.79 Å². The fourth-order valence-corrected chi connectivity index (χ4v) is 2.66. The van der Waals surface area contributed by atoms with Crippen molar-refractivity contribution in [1.29, 1.82) is 0 Å². The van der Waals surface area contributed by atoms with Crippen LogP contribution in [-0.2, 0) is 11.3 Å². The van der Waals surface area contributed by atoms with Crippen LogP contribution in [0.4, 0.5) is 4.79 Å². The summed E-state index contributed by atoms with van der Waals surface area (Å²) in [6.45, 7) is 5.30. The summed E-state index contributed by atoms with van der Waals surface area (Å²) in [7, 11) is 0. The van der Waals surface area contributed by atoms with Crippen LogP contribution in [0.3, 0.4) is 0 Å². The van der Waals surface area contributed by atoms with Gasteiger partial charge >= 0.3 is 6.03 Å². The van der Waals surface area contributed by atoms with Crippen LogP contribution in [-0.4, -0.2) is 31.1 Å². The first-order chi connectivity index (χ1) is 11.0. The van der Waals surface area contributed by atoms with Gasteiger partial charge in [-0.15, -0.1) is 0 Å². The molecule has 1 aromatic carbocycles. The molecule has 1 aromatic rings. The van der Waals surface area contributed by atoms with E-state index in [9.17, 15) is 9.59 Å². The molecule has 0 bridgehead atoms. The summed E-state index contributed by atoms with van der Waals surface area (Å²) in [6.07, 6.45) is 0.850. The molecule has 1 aliphatic heterocycles. The van der Waals surface area contributed by atoms with Crippen molar-refractivity contribution >= 4 is 23.5 Å². The molecule has 1 saturated heterocycles. The minimum atomic E-state index is -0.500. The maximum Gasteiger partial charge on any atom is 0.315 e. The van der Waals surface area contributed by atoms with Gasteiger partial charge in [0.1, 0.15) is 11.8 Å². The summed E-state index contributed by atoms with van der Waals surface area (Å²) in [4.78, 5) is 23.8. The van der Waals surface area contributed by atoms with Crippen molar-refractivity contribution in [3.63, 3.8) is 0 Å². The molecule has 3 N–H and O–H groups in total. The number of amides is 3. The molecule has 1 fully saturated rings. The van der Waals surface area contributed by atoms with Crippen molar-refractivity contribution in [2.75, 3.05) is 13.2 Å². The van der Waals surface area contributed by atoms with E-state index in [4.69, 9.17) is 16.3 Å². The second-order valence-corrected chi connectivity index (χ2v) is 5.98. The average molecular weight is 340 g/mol. The highest BCUT2D eigenvalue weighted by Crippen LogP contribution is 2.23. The van der Waals surface area contributed by atoms with Gasteiger partial charge in [0.25, 0.3) is 0 Å².